The van der Waals surface area contributed by atoms with Gasteiger partial charge < -0.3 is 20.1 Å². The molecule has 0 aliphatic carbocycles. The minimum Gasteiger partial charge on any atom is -0.480 e. The monoisotopic (exact) mass is 397 g/mol. The van der Waals surface area contributed by atoms with Gasteiger partial charge in [-0.3, -0.25) is 9.69 Å². The average molecular weight is 397 g/mol. The van der Waals surface area contributed by atoms with E-state index in [0.29, 0.717) is 26.2 Å². The summed E-state index contributed by atoms with van der Waals surface area (Å²) in [5, 5.41) is 11.9. The normalized spacial score (nSPS) is 16.6. The van der Waals surface area contributed by atoms with Crippen molar-refractivity contribution in [3.8, 4) is 0 Å². The summed E-state index contributed by atoms with van der Waals surface area (Å²) in [6, 6.07) is 17.8. The lowest BCUT2D eigenvalue weighted by molar-refractivity contribution is -0.138. The van der Waals surface area contributed by atoms with Crippen LogP contribution in [-0.2, 0) is 16.0 Å². The zero-order chi connectivity index (χ0) is 20.6. The Hall–Kier alpha value is -2.90. The zero-order valence-corrected chi connectivity index (χ0v) is 16.6. The Labute approximate surface area is 170 Å². The number of carbonyl (C=O) groups is 2. The van der Waals surface area contributed by atoms with Crippen LogP contribution in [0.2, 0.25) is 0 Å². The molecule has 1 aliphatic heterocycles. The van der Waals surface area contributed by atoms with Gasteiger partial charge in [-0.25, -0.2) is 4.79 Å². The predicted molar refractivity (Wildman–Crippen MR) is 111 cm³/mol. The number of nitrogens with zero attached hydrogens (tertiary/aromatic N) is 2. The minimum absolute atomic E-state index is 0.0566. The third kappa shape index (κ3) is 6.30. The van der Waals surface area contributed by atoms with Crippen LogP contribution < -0.4 is 5.32 Å². The van der Waals surface area contributed by atoms with Crippen molar-refractivity contribution in [2.24, 2.45) is 0 Å². The second-order valence-electron chi connectivity index (χ2n) is 7.28. The molecule has 7 heteroatoms. The van der Waals surface area contributed by atoms with Gasteiger partial charge in [0.05, 0.1) is 19.3 Å². The first-order valence-electron chi connectivity index (χ1n) is 9.71. The van der Waals surface area contributed by atoms with Crippen molar-refractivity contribution < 1.29 is 19.4 Å². The van der Waals surface area contributed by atoms with Crippen LogP contribution in [-0.4, -0.2) is 72.8 Å². The number of hydrogen-bond acceptors (Lipinski definition) is 4. The molecular weight excluding hydrogens is 370 g/mol. The molecule has 2 amide bonds. The summed E-state index contributed by atoms with van der Waals surface area (Å²) in [4.78, 5) is 27.1. The van der Waals surface area contributed by atoms with E-state index < -0.39 is 5.97 Å². The lowest BCUT2D eigenvalue weighted by Crippen LogP contribution is -2.50. The molecule has 0 radical (unpaired) electrons. The molecule has 7 nitrogen and oxygen atoms in total. The first kappa shape index (κ1) is 20.8. The number of carboxylic acid groups (broad SMARTS) is 1. The molecule has 1 aliphatic rings. The van der Waals surface area contributed by atoms with Gasteiger partial charge in [0.15, 0.2) is 0 Å². The van der Waals surface area contributed by atoms with Crippen LogP contribution in [0, 0.1) is 0 Å². The molecular formula is C22H27N3O4. The Balaban J connectivity index is 1.60. The maximum absolute atomic E-state index is 12.8. The number of carboxylic acids is 1. The van der Waals surface area contributed by atoms with E-state index in [1.165, 1.54) is 5.56 Å². The summed E-state index contributed by atoms with van der Waals surface area (Å²) in [5.41, 5.74) is 3.03. The number of benzene rings is 2. The van der Waals surface area contributed by atoms with E-state index in [0.717, 1.165) is 17.7 Å². The van der Waals surface area contributed by atoms with Crippen molar-refractivity contribution in [1.82, 2.24) is 9.80 Å². The minimum atomic E-state index is -0.882. The molecule has 0 bridgehead atoms. The SMILES string of the molecule is CN(CC(=O)O)CC1CN(C(=O)Nc2ccccc2Cc2ccccc2)CCO1. The standard InChI is InChI=1S/C22H27N3O4/c1-24(16-21(26)27)14-19-15-25(11-12-29-19)22(28)23-20-10-6-5-9-18(20)13-17-7-3-2-4-8-17/h2-10,19H,11-16H2,1H3,(H,23,28)(H,26,27). The van der Waals surface area contributed by atoms with Crippen LogP contribution in [0.3, 0.4) is 0 Å². The summed E-state index contributed by atoms with van der Waals surface area (Å²) in [6.07, 6.45) is 0.529. The molecule has 1 heterocycles. The molecule has 3 rings (SSSR count). The fourth-order valence-electron chi connectivity index (χ4n) is 3.46. The van der Waals surface area contributed by atoms with E-state index in [1.807, 2.05) is 42.5 Å². The van der Waals surface area contributed by atoms with Crippen LogP contribution in [0.5, 0.6) is 0 Å². The number of nitrogens with one attached hydrogen (secondary N) is 1. The Bertz CT molecular complexity index is 828. The molecule has 154 valence electrons. The molecule has 1 atom stereocenters. The van der Waals surface area contributed by atoms with E-state index in [1.54, 1.807) is 16.8 Å². The van der Waals surface area contributed by atoms with Crippen molar-refractivity contribution in [1.29, 1.82) is 0 Å². The highest BCUT2D eigenvalue weighted by Crippen LogP contribution is 2.20. The number of hydrogen-bond donors (Lipinski definition) is 2. The third-order valence-electron chi connectivity index (χ3n) is 4.84. The highest BCUT2D eigenvalue weighted by molar-refractivity contribution is 5.90. The zero-order valence-electron chi connectivity index (χ0n) is 16.6. The molecule has 1 fully saturated rings. The number of likely N-dealkylation sites (N-methyl/N-ethyl adjacent to an activating group) is 1. The van der Waals surface area contributed by atoms with E-state index in [9.17, 15) is 9.59 Å². The number of carbonyl (C=O) groups excluding carboxylic acids is 1. The first-order valence-corrected chi connectivity index (χ1v) is 9.71. The summed E-state index contributed by atoms with van der Waals surface area (Å²) in [6.45, 7) is 1.77. The fourth-order valence-corrected chi connectivity index (χ4v) is 3.46. The Kier molecular flexibility index (Phi) is 7.21. The van der Waals surface area contributed by atoms with Crippen molar-refractivity contribution in [3.63, 3.8) is 0 Å². The van der Waals surface area contributed by atoms with Gasteiger partial charge in [-0.15, -0.1) is 0 Å². The van der Waals surface area contributed by atoms with Gasteiger partial charge in [0, 0.05) is 25.3 Å². The molecule has 0 aromatic heterocycles. The van der Waals surface area contributed by atoms with Crippen molar-refractivity contribution in [3.05, 3.63) is 65.7 Å². The van der Waals surface area contributed by atoms with Gasteiger partial charge >= 0.3 is 12.0 Å². The number of anilines is 1. The topological polar surface area (TPSA) is 82.1 Å². The van der Waals surface area contributed by atoms with Gasteiger partial charge in [0.2, 0.25) is 0 Å². The van der Waals surface area contributed by atoms with Crippen LogP contribution >= 0.6 is 0 Å². The van der Waals surface area contributed by atoms with Crippen LogP contribution in [0.25, 0.3) is 0 Å². The number of morpholine rings is 1. The number of para-hydroxylation sites is 1. The summed E-state index contributed by atoms with van der Waals surface area (Å²) in [7, 11) is 1.73. The number of rotatable bonds is 7. The smallest absolute Gasteiger partial charge is 0.322 e. The maximum atomic E-state index is 12.8. The van der Waals surface area contributed by atoms with Crippen LogP contribution in [0.1, 0.15) is 11.1 Å². The maximum Gasteiger partial charge on any atom is 0.322 e. The lowest BCUT2D eigenvalue weighted by atomic mass is 10.0. The Morgan fingerprint density at radius 2 is 1.90 bits per heavy atom. The number of amides is 2. The highest BCUT2D eigenvalue weighted by Gasteiger charge is 2.26. The van der Waals surface area contributed by atoms with Crippen LogP contribution in [0.4, 0.5) is 10.5 Å². The van der Waals surface area contributed by atoms with Gasteiger partial charge in [0.1, 0.15) is 0 Å². The molecule has 2 aromatic carbocycles. The second kappa shape index (κ2) is 10.0. The third-order valence-corrected chi connectivity index (χ3v) is 4.84. The van der Waals surface area contributed by atoms with Gasteiger partial charge in [-0.1, -0.05) is 48.5 Å². The molecule has 0 spiro atoms. The molecule has 1 saturated heterocycles. The molecule has 1 unspecified atom stereocenters. The molecule has 2 N–H and O–H groups in total. The van der Waals surface area contributed by atoms with E-state index in [-0.39, 0.29) is 18.7 Å². The Morgan fingerprint density at radius 3 is 2.66 bits per heavy atom. The number of aliphatic carboxylic acids is 1. The summed E-state index contributed by atoms with van der Waals surface area (Å²) < 4.78 is 5.71. The average Bonchev–Trinajstić information content (AvgIpc) is 2.70. The first-order chi connectivity index (χ1) is 14.0. The highest BCUT2D eigenvalue weighted by atomic mass is 16.5. The van der Waals surface area contributed by atoms with Gasteiger partial charge in [-0.2, -0.15) is 0 Å². The van der Waals surface area contributed by atoms with Gasteiger partial charge in [0.25, 0.3) is 0 Å². The van der Waals surface area contributed by atoms with Gasteiger partial charge in [-0.05, 0) is 30.7 Å². The Morgan fingerprint density at radius 1 is 1.17 bits per heavy atom. The van der Waals surface area contributed by atoms with Crippen molar-refractivity contribution in [2.45, 2.75) is 12.5 Å². The molecule has 2 aromatic rings. The van der Waals surface area contributed by atoms with E-state index in [2.05, 4.69) is 17.4 Å². The number of ether oxygens (including phenoxy) is 1. The molecule has 0 saturated carbocycles. The van der Waals surface area contributed by atoms with E-state index >= 15 is 0 Å². The van der Waals surface area contributed by atoms with E-state index in [4.69, 9.17) is 9.84 Å². The summed E-state index contributed by atoms with van der Waals surface area (Å²) >= 11 is 0. The lowest BCUT2D eigenvalue weighted by Gasteiger charge is -2.34. The predicted octanol–water partition coefficient (Wildman–Crippen LogP) is 2.53. The van der Waals surface area contributed by atoms with Crippen LogP contribution in [0.15, 0.2) is 54.6 Å². The second-order valence-corrected chi connectivity index (χ2v) is 7.28. The van der Waals surface area contributed by atoms with Crippen molar-refractivity contribution >= 4 is 17.7 Å². The van der Waals surface area contributed by atoms with Crippen molar-refractivity contribution in [2.75, 3.05) is 45.2 Å². The molecule has 29 heavy (non-hydrogen) atoms. The largest absolute Gasteiger partial charge is 0.480 e. The summed E-state index contributed by atoms with van der Waals surface area (Å²) in [5.74, 6) is -0.882. The fraction of sp³-hybridized carbons (Fsp3) is 0.364. The number of urea groups is 1. The quantitative estimate of drug-likeness (QED) is 0.750.